The van der Waals surface area contributed by atoms with Crippen molar-refractivity contribution in [2.24, 2.45) is 0 Å². The lowest BCUT2D eigenvalue weighted by molar-refractivity contribution is 0.108. The number of hydrogen-bond acceptors (Lipinski definition) is 1. The average molecular weight is 214 g/mol. The quantitative estimate of drug-likeness (QED) is 0.726. The van der Waals surface area contributed by atoms with E-state index < -0.39 is 5.24 Å². The third-order valence-corrected chi connectivity index (χ3v) is 2.39. The smallest absolute Gasteiger partial charge is 0.254 e. The van der Waals surface area contributed by atoms with Crippen LogP contribution in [0.3, 0.4) is 0 Å². The molecule has 0 saturated carbocycles. The number of benzene rings is 1. The van der Waals surface area contributed by atoms with Crippen molar-refractivity contribution >= 4 is 39.3 Å². The molecule has 0 saturated heterocycles. The first-order chi connectivity index (χ1) is 6.20. The maximum Gasteiger partial charge on any atom is 0.254 e. The van der Waals surface area contributed by atoms with Crippen LogP contribution in [-0.4, -0.2) is 10.2 Å². The second-order valence-electron chi connectivity index (χ2n) is 2.64. The number of fused-ring (bicyclic) bond motifs is 1. The van der Waals surface area contributed by atoms with Crippen LogP contribution in [0.2, 0.25) is 5.02 Å². The van der Waals surface area contributed by atoms with E-state index in [9.17, 15) is 4.79 Å². The van der Waals surface area contributed by atoms with Gasteiger partial charge in [-0.2, -0.15) is 0 Å². The summed E-state index contributed by atoms with van der Waals surface area (Å²) in [4.78, 5) is 13.9. The van der Waals surface area contributed by atoms with Crippen molar-refractivity contribution in [3.8, 4) is 0 Å². The number of hydrogen-bond donors (Lipinski definition) is 1. The van der Waals surface area contributed by atoms with Gasteiger partial charge in [-0.25, -0.2) is 0 Å². The van der Waals surface area contributed by atoms with E-state index in [0.717, 1.165) is 5.52 Å². The van der Waals surface area contributed by atoms with Crippen LogP contribution in [0.1, 0.15) is 10.4 Å². The fourth-order valence-corrected chi connectivity index (χ4v) is 1.72. The number of aromatic amines is 1. The van der Waals surface area contributed by atoms with Gasteiger partial charge in [0.25, 0.3) is 5.24 Å². The molecule has 4 heteroatoms. The molecule has 1 aromatic carbocycles. The van der Waals surface area contributed by atoms with Crippen LogP contribution in [0.5, 0.6) is 0 Å². The predicted molar refractivity (Wildman–Crippen MR) is 53.5 cm³/mol. The van der Waals surface area contributed by atoms with Gasteiger partial charge < -0.3 is 4.98 Å². The molecule has 66 valence electrons. The molecule has 13 heavy (non-hydrogen) atoms. The summed E-state index contributed by atoms with van der Waals surface area (Å²) in [6.45, 7) is 0. The lowest BCUT2D eigenvalue weighted by Gasteiger charge is -1.94. The Kier molecular flexibility index (Phi) is 2.02. The molecule has 0 aliphatic carbocycles. The number of rotatable bonds is 1. The van der Waals surface area contributed by atoms with Crippen molar-refractivity contribution in [1.29, 1.82) is 0 Å². The summed E-state index contributed by atoms with van der Waals surface area (Å²) in [6, 6.07) is 5.37. The highest BCUT2D eigenvalue weighted by atomic mass is 35.5. The summed E-state index contributed by atoms with van der Waals surface area (Å²) in [5.74, 6) is 0. The minimum absolute atomic E-state index is 0.419. The minimum Gasteiger partial charge on any atom is -0.360 e. The van der Waals surface area contributed by atoms with Gasteiger partial charge in [0.1, 0.15) is 0 Å². The second kappa shape index (κ2) is 3.05. The van der Waals surface area contributed by atoms with Gasteiger partial charge in [-0.1, -0.05) is 17.7 Å². The normalized spacial score (nSPS) is 10.6. The zero-order chi connectivity index (χ0) is 9.42. The molecule has 2 aromatic rings. The van der Waals surface area contributed by atoms with Gasteiger partial charge in [-0.3, -0.25) is 4.79 Å². The van der Waals surface area contributed by atoms with Crippen LogP contribution in [0.25, 0.3) is 10.9 Å². The zero-order valence-electron chi connectivity index (χ0n) is 6.47. The monoisotopic (exact) mass is 213 g/mol. The van der Waals surface area contributed by atoms with Crippen molar-refractivity contribution in [3.63, 3.8) is 0 Å². The van der Waals surface area contributed by atoms with E-state index in [0.29, 0.717) is 16.0 Å². The van der Waals surface area contributed by atoms with E-state index >= 15 is 0 Å². The standard InChI is InChI=1S/C9H5Cl2NO/c10-6-2-1-3-7-8(6)5(4-12-7)9(11)13/h1-4,12H. The maximum atomic E-state index is 11.0. The fraction of sp³-hybridized carbons (Fsp3) is 0. The van der Waals surface area contributed by atoms with E-state index in [1.165, 1.54) is 0 Å². The summed E-state index contributed by atoms with van der Waals surface area (Å²) in [5.41, 5.74) is 1.23. The Morgan fingerprint density at radius 3 is 2.85 bits per heavy atom. The van der Waals surface area contributed by atoms with Gasteiger partial charge in [-0.15, -0.1) is 0 Å². The summed E-state index contributed by atoms with van der Waals surface area (Å²) in [5, 5.41) is 0.714. The van der Waals surface area contributed by atoms with Gasteiger partial charge in [0.05, 0.1) is 10.6 Å². The van der Waals surface area contributed by atoms with Gasteiger partial charge >= 0.3 is 0 Å². The van der Waals surface area contributed by atoms with E-state index in [1.54, 1.807) is 12.3 Å². The van der Waals surface area contributed by atoms with E-state index in [2.05, 4.69) is 4.98 Å². The molecule has 0 bridgehead atoms. The van der Waals surface area contributed by atoms with Gasteiger partial charge in [-0.05, 0) is 23.7 Å². The fourth-order valence-electron chi connectivity index (χ4n) is 1.30. The van der Waals surface area contributed by atoms with Crippen LogP contribution in [-0.2, 0) is 0 Å². The van der Waals surface area contributed by atoms with Crippen LogP contribution >= 0.6 is 23.2 Å². The van der Waals surface area contributed by atoms with E-state index in [4.69, 9.17) is 23.2 Å². The molecule has 2 nitrogen and oxygen atoms in total. The van der Waals surface area contributed by atoms with Crippen molar-refractivity contribution in [3.05, 3.63) is 35.0 Å². The molecule has 0 amide bonds. The summed E-state index contributed by atoms with van der Waals surface area (Å²) in [7, 11) is 0. The number of nitrogens with one attached hydrogen (secondary N) is 1. The summed E-state index contributed by atoms with van der Waals surface area (Å²) < 4.78 is 0. The van der Waals surface area contributed by atoms with Crippen LogP contribution < -0.4 is 0 Å². The second-order valence-corrected chi connectivity index (χ2v) is 3.39. The highest BCUT2D eigenvalue weighted by Gasteiger charge is 2.11. The Hall–Kier alpha value is -0.990. The summed E-state index contributed by atoms with van der Waals surface area (Å²) >= 11 is 11.3. The Morgan fingerprint density at radius 1 is 1.38 bits per heavy atom. The number of aromatic nitrogens is 1. The third kappa shape index (κ3) is 1.32. The number of halogens is 2. The molecule has 0 aliphatic heterocycles. The SMILES string of the molecule is O=C(Cl)c1c[nH]c2cccc(Cl)c12. The first-order valence-electron chi connectivity index (χ1n) is 3.65. The third-order valence-electron chi connectivity index (χ3n) is 1.87. The van der Waals surface area contributed by atoms with Crippen LogP contribution in [0, 0.1) is 0 Å². The van der Waals surface area contributed by atoms with E-state index in [-0.39, 0.29) is 0 Å². The molecule has 0 radical (unpaired) electrons. The Labute approximate surface area is 84.5 Å². The lowest BCUT2D eigenvalue weighted by Crippen LogP contribution is -1.85. The number of carbonyl (C=O) groups excluding carboxylic acids is 1. The molecular weight excluding hydrogens is 209 g/mol. The van der Waals surface area contributed by atoms with Gasteiger partial charge in [0, 0.05) is 17.1 Å². The van der Waals surface area contributed by atoms with Crippen molar-refractivity contribution in [1.82, 2.24) is 4.98 Å². The highest BCUT2D eigenvalue weighted by molar-refractivity contribution is 6.69. The highest BCUT2D eigenvalue weighted by Crippen LogP contribution is 2.27. The average Bonchev–Trinajstić information content (AvgIpc) is 2.49. The molecule has 1 aromatic heterocycles. The topological polar surface area (TPSA) is 32.9 Å². The predicted octanol–water partition coefficient (Wildman–Crippen LogP) is 3.20. The van der Waals surface area contributed by atoms with Crippen molar-refractivity contribution in [2.45, 2.75) is 0 Å². The maximum absolute atomic E-state index is 11.0. The zero-order valence-corrected chi connectivity index (χ0v) is 7.99. The molecule has 2 rings (SSSR count). The molecule has 1 N–H and O–H groups in total. The number of H-pyrrole nitrogens is 1. The summed E-state index contributed by atoms with van der Waals surface area (Å²) in [6.07, 6.45) is 1.56. The van der Waals surface area contributed by atoms with Crippen molar-refractivity contribution < 1.29 is 4.79 Å². The first-order valence-corrected chi connectivity index (χ1v) is 4.41. The van der Waals surface area contributed by atoms with Crippen molar-refractivity contribution in [2.75, 3.05) is 0 Å². The minimum atomic E-state index is -0.501. The Morgan fingerprint density at radius 2 is 2.15 bits per heavy atom. The van der Waals surface area contributed by atoms with Gasteiger partial charge in [0.15, 0.2) is 0 Å². The molecule has 0 atom stereocenters. The molecular formula is C9H5Cl2NO. The molecule has 1 heterocycles. The molecule has 0 unspecified atom stereocenters. The molecule has 0 fully saturated rings. The Balaban J connectivity index is 2.86. The first kappa shape index (κ1) is 8.60. The van der Waals surface area contributed by atoms with Crippen LogP contribution in [0.4, 0.5) is 0 Å². The molecule has 0 spiro atoms. The molecule has 0 aliphatic rings. The largest absolute Gasteiger partial charge is 0.360 e. The van der Waals surface area contributed by atoms with E-state index in [1.807, 2.05) is 12.1 Å². The van der Waals surface area contributed by atoms with Crippen LogP contribution in [0.15, 0.2) is 24.4 Å². The Bertz CT molecular complexity index is 475. The van der Waals surface area contributed by atoms with Gasteiger partial charge in [0.2, 0.25) is 0 Å². The number of carbonyl (C=O) groups is 1. The lowest BCUT2D eigenvalue weighted by atomic mass is 10.2.